The van der Waals surface area contributed by atoms with Gasteiger partial charge in [-0.2, -0.15) is 0 Å². The third-order valence-corrected chi connectivity index (χ3v) is 2.78. The predicted molar refractivity (Wildman–Crippen MR) is 63.0 cm³/mol. The highest BCUT2D eigenvalue weighted by molar-refractivity contribution is 5.74. The fraction of sp³-hybridized carbons (Fsp3) is 0.143. The molecule has 0 spiro atoms. The number of hydrogen-bond acceptors (Lipinski definition) is 1. The molecule has 1 N–H and O–H groups in total. The van der Waals surface area contributed by atoms with Crippen molar-refractivity contribution in [1.29, 1.82) is 0 Å². The quantitative estimate of drug-likeness (QED) is 0.741. The second kappa shape index (κ2) is 3.77. The highest BCUT2D eigenvalue weighted by atomic mass is 16.3. The van der Waals surface area contributed by atoms with Gasteiger partial charge in [0, 0.05) is 5.56 Å². The van der Waals surface area contributed by atoms with Crippen LogP contribution in [0.5, 0.6) is 5.75 Å². The molecule has 0 heterocycles. The molecule has 0 amide bonds. The molecule has 0 radical (unpaired) electrons. The van der Waals surface area contributed by atoms with Crippen molar-refractivity contribution in [2.24, 2.45) is 0 Å². The van der Waals surface area contributed by atoms with Crippen molar-refractivity contribution in [2.75, 3.05) is 0 Å². The lowest BCUT2D eigenvalue weighted by molar-refractivity contribution is 0.477. The monoisotopic (exact) mass is 198 g/mol. The summed E-state index contributed by atoms with van der Waals surface area (Å²) in [5.41, 5.74) is 4.35. The Hall–Kier alpha value is -1.76. The van der Waals surface area contributed by atoms with Crippen LogP contribution < -0.4 is 0 Å². The van der Waals surface area contributed by atoms with E-state index in [9.17, 15) is 5.11 Å². The summed E-state index contributed by atoms with van der Waals surface area (Å²) in [7, 11) is 0. The SMILES string of the molecule is Cc1ccc(O)c(-c2ccccc2)c1C. The summed E-state index contributed by atoms with van der Waals surface area (Å²) in [6.07, 6.45) is 0. The van der Waals surface area contributed by atoms with Crippen molar-refractivity contribution in [3.8, 4) is 16.9 Å². The molecule has 1 nitrogen and oxygen atoms in total. The van der Waals surface area contributed by atoms with Crippen LogP contribution in [0.25, 0.3) is 11.1 Å². The number of rotatable bonds is 1. The van der Waals surface area contributed by atoms with Crippen molar-refractivity contribution < 1.29 is 5.11 Å². The van der Waals surface area contributed by atoms with Crippen LogP contribution in [0.15, 0.2) is 42.5 Å². The fourth-order valence-electron chi connectivity index (χ4n) is 1.77. The topological polar surface area (TPSA) is 20.2 Å². The Balaban J connectivity index is 2.68. The largest absolute Gasteiger partial charge is 0.507 e. The molecular weight excluding hydrogens is 184 g/mol. The molecular formula is C14H14O. The fourth-order valence-corrected chi connectivity index (χ4v) is 1.77. The van der Waals surface area contributed by atoms with E-state index in [0.717, 1.165) is 16.7 Å². The molecule has 0 atom stereocenters. The van der Waals surface area contributed by atoms with Crippen LogP contribution in [0.3, 0.4) is 0 Å². The average Bonchev–Trinajstić information content (AvgIpc) is 2.26. The van der Waals surface area contributed by atoms with Crippen LogP contribution in [-0.4, -0.2) is 5.11 Å². The van der Waals surface area contributed by atoms with E-state index in [1.807, 2.05) is 43.3 Å². The van der Waals surface area contributed by atoms with Crippen molar-refractivity contribution in [2.45, 2.75) is 13.8 Å². The molecule has 0 aromatic heterocycles. The van der Waals surface area contributed by atoms with Crippen LogP contribution in [0.4, 0.5) is 0 Å². The second-order valence-electron chi connectivity index (χ2n) is 3.77. The first-order valence-corrected chi connectivity index (χ1v) is 5.04. The smallest absolute Gasteiger partial charge is 0.123 e. The Labute approximate surface area is 90.0 Å². The van der Waals surface area contributed by atoms with Crippen LogP contribution in [0.2, 0.25) is 0 Å². The molecule has 0 aliphatic heterocycles. The number of phenols is 1. The van der Waals surface area contributed by atoms with Gasteiger partial charge in [-0.3, -0.25) is 0 Å². The van der Waals surface area contributed by atoms with Gasteiger partial charge in [-0.25, -0.2) is 0 Å². The number of aryl methyl sites for hydroxylation is 1. The zero-order chi connectivity index (χ0) is 10.8. The number of benzene rings is 2. The van der Waals surface area contributed by atoms with E-state index in [-0.39, 0.29) is 0 Å². The average molecular weight is 198 g/mol. The molecule has 2 aromatic rings. The molecule has 0 unspecified atom stereocenters. The van der Waals surface area contributed by atoms with E-state index in [4.69, 9.17) is 0 Å². The Morgan fingerprint density at radius 1 is 0.867 bits per heavy atom. The first-order valence-electron chi connectivity index (χ1n) is 5.04. The molecule has 0 saturated heterocycles. The van der Waals surface area contributed by atoms with Crippen molar-refractivity contribution in [3.05, 3.63) is 53.6 Å². The maximum atomic E-state index is 9.87. The summed E-state index contributed by atoms with van der Waals surface area (Å²) in [4.78, 5) is 0. The minimum absolute atomic E-state index is 0.351. The third-order valence-electron chi connectivity index (χ3n) is 2.78. The van der Waals surface area contributed by atoms with Gasteiger partial charge in [0.25, 0.3) is 0 Å². The molecule has 2 rings (SSSR count). The Morgan fingerprint density at radius 3 is 2.20 bits per heavy atom. The van der Waals surface area contributed by atoms with Gasteiger partial charge in [-0.15, -0.1) is 0 Å². The van der Waals surface area contributed by atoms with Gasteiger partial charge in [0.05, 0.1) is 0 Å². The standard InChI is InChI=1S/C14H14O/c1-10-8-9-13(15)14(11(10)2)12-6-4-3-5-7-12/h3-9,15H,1-2H3. The number of phenolic OH excluding ortho intramolecular Hbond substituents is 1. The van der Waals surface area contributed by atoms with Crippen molar-refractivity contribution >= 4 is 0 Å². The van der Waals surface area contributed by atoms with Gasteiger partial charge in [0.15, 0.2) is 0 Å². The minimum atomic E-state index is 0.351. The van der Waals surface area contributed by atoms with Gasteiger partial charge in [0.1, 0.15) is 5.75 Å². The summed E-state index contributed by atoms with van der Waals surface area (Å²) >= 11 is 0. The van der Waals surface area contributed by atoms with E-state index in [1.165, 1.54) is 5.56 Å². The molecule has 2 aromatic carbocycles. The lowest BCUT2D eigenvalue weighted by Crippen LogP contribution is -1.87. The van der Waals surface area contributed by atoms with Gasteiger partial charge < -0.3 is 5.11 Å². The van der Waals surface area contributed by atoms with Gasteiger partial charge >= 0.3 is 0 Å². The Bertz CT molecular complexity index is 472. The summed E-state index contributed by atoms with van der Waals surface area (Å²) in [6.45, 7) is 4.10. The van der Waals surface area contributed by atoms with Gasteiger partial charge in [0.2, 0.25) is 0 Å². The lowest BCUT2D eigenvalue weighted by Gasteiger charge is -2.10. The highest BCUT2D eigenvalue weighted by Crippen LogP contribution is 2.33. The van der Waals surface area contributed by atoms with Gasteiger partial charge in [-0.1, -0.05) is 36.4 Å². The van der Waals surface area contributed by atoms with E-state index >= 15 is 0 Å². The van der Waals surface area contributed by atoms with Crippen LogP contribution in [0.1, 0.15) is 11.1 Å². The first-order chi connectivity index (χ1) is 7.20. The zero-order valence-corrected chi connectivity index (χ0v) is 8.99. The van der Waals surface area contributed by atoms with E-state index in [0.29, 0.717) is 5.75 Å². The van der Waals surface area contributed by atoms with Crippen LogP contribution in [-0.2, 0) is 0 Å². The number of hydrogen-bond donors (Lipinski definition) is 1. The third kappa shape index (κ3) is 1.73. The minimum Gasteiger partial charge on any atom is -0.507 e. The summed E-state index contributed by atoms with van der Waals surface area (Å²) in [5.74, 6) is 0.351. The zero-order valence-electron chi connectivity index (χ0n) is 8.99. The molecule has 0 aliphatic carbocycles. The first kappa shape index (κ1) is 9.78. The van der Waals surface area contributed by atoms with Gasteiger partial charge in [-0.05, 0) is 36.6 Å². The second-order valence-corrected chi connectivity index (χ2v) is 3.77. The predicted octanol–water partition coefficient (Wildman–Crippen LogP) is 3.68. The van der Waals surface area contributed by atoms with Crippen molar-refractivity contribution in [3.63, 3.8) is 0 Å². The lowest BCUT2D eigenvalue weighted by atomic mass is 9.96. The normalized spacial score (nSPS) is 10.3. The Morgan fingerprint density at radius 2 is 1.53 bits per heavy atom. The van der Waals surface area contributed by atoms with Crippen LogP contribution >= 0.6 is 0 Å². The molecule has 15 heavy (non-hydrogen) atoms. The molecule has 0 bridgehead atoms. The van der Waals surface area contributed by atoms with E-state index < -0.39 is 0 Å². The van der Waals surface area contributed by atoms with E-state index in [1.54, 1.807) is 6.07 Å². The molecule has 1 heteroatoms. The Kier molecular flexibility index (Phi) is 2.46. The van der Waals surface area contributed by atoms with E-state index in [2.05, 4.69) is 6.92 Å². The van der Waals surface area contributed by atoms with Crippen molar-refractivity contribution in [1.82, 2.24) is 0 Å². The highest BCUT2D eigenvalue weighted by Gasteiger charge is 2.08. The molecule has 0 fully saturated rings. The molecule has 0 aliphatic rings. The summed E-state index contributed by atoms with van der Waals surface area (Å²) < 4.78 is 0. The summed E-state index contributed by atoms with van der Waals surface area (Å²) in [6, 6.07) is 13.7. The summed E-state index contributed by atoms with van der Waals surface area (Å²) in [5, 5.41) is 9.87. The van der Waals surface area contributed by atoms with Crippen LogP contribution in [0, 0.1) is 13.8 Å². The number of aromatic hydroxyl groups is 1. The molecule has 0 saturated carbocycles. The maximum absolute atomic E-state index is 9.87. The molecule has 76 valence electrons. The maximum Gasteiger partial charge on any atom is 0.123 e.